The predicted octanol–water partition coefficient (Wildman–Crippen LogP) is 3.06. The van der Waals surface area contributed by atoms with Gasteiger partial charge >= 0.3 is 0 Å². The lowest BCUT2D eigenvalue weighted by Gasteiger charge is -2.37. The van der Waals surface area contributed by atoms with E-state index in [4.69, 9.17) is 0 Å². The van der Waals surface area contributed by atoms with E-state index < -0.39 is 0 Å². The minimum Gasteiger partial charge on any atom is -0.379 e. The van der Waals surface area contributed by atoms with E-state index in [1.165, 1.54) is 5.06 Å². The molecule has 1 rings (SSSR count). The van der Waals surface area contributed by atoms with E-state index in [1.54, 1.807) is 6.08 Å². The molecule has 0 aromatic heterocycles. The molecule has 0 bridgehead atoms. The number of hydrogen-bond acceptors (Lipinski definition) is 3. The Balaban J connectivity index is 0.00000106. The van der Waals surface area contributed by atoms with Crippen LogP contribution in [0.15, 0.2) is 36.2 Å². The first-order chi connectivity index (χ1) is 7.61. The minimum absolute atomic E-state index is 0.0601. The molecular weight excluding hydrogens is 200 g/mol. The van der Waals surface area contributed by atoms with Crippen molar-refractivity contribution in [1.82, 2.24) is 10.4 Å². The molecule has 0 aliphatic carbocycles. The summed E-state index contributed by atoms with van der Waals surface area (Å²) >= 11 is 0. The summed E-state index contributed by atoms with van der Waals surface area (Å²) in [6.45, 7) is 13.6. The van der Waals surface area contributed by atoms with Crippen LogP contribution in [0, 0.1) is 0 Å². The van der Waals surface area contributed by atoms with Gasteiger partial charge in [-0.05, 0) is 32.9 Å². The summed E-state index contributed by atoms with van der Waals surface area (Å²) in [4.78, 5) is 0. The van der Waals surface area contributed by atoms with E-state index in [1.807, 2.05) is 46.8 Å². The second kappa shape index (κ2) is 7.12. The highest BCUT2D eigenvalue weighted by Crippen LogP contribution is 2.20. The fourth-order valence-electron chi connectivity index (χ4n) is 1.48. The van der Waals surface area contributed by atoms with Crippen LogP contribution in [0.25, 0.3) is 0 Å². The molecule has 3 heteroatoms. The van der Waals surface area contributed by atoms with Crippen LogP contribution in [0.3, 0.4) is 0 Å². The molecule has 1 heterocycles. The topological polar surface area (TPSA) is 35.5 Å². The van der Waals surface area contributed by atoms with Crippen LogP contribution in [-0.4, -0.2) is 22.4 Å². The van der Waals surface area contributed by atoms with Gasteiger partial charge in [0, 0.05) is 6.04 Å². The molecule has 3 nitrogen and oxygen atoms in total. The van der Waals surface area contributed by atoms with Gasteiger partial charge in [-0.15, -0.1) is 0 Å². The van der Waals surface area contributed by atoms with Crippen molar-refractivity contribution in [3.63, 3.8) is 0 Å². The van der Waals surface area contributed by atoms with Gasteiger partial charge in [-0.25, -0.2) is 0 Å². The number of rotatable bonds is 2. The maximum atomic E-state index is 9.88. The molecule has 1 aliphatic heterocycles. The molecule has 0 fully saturated rings. The molecule has 2 atom stereocenters. The molecule has 0 saturated carbocycles. The molecule has 0 saturated heterocycles. The van der Waals surface area contributed by atoms with Crippen molar-refractivity contribution >= 4 is 0 Å². The smallest absolute Gasteiger partial charge is 0.0866 e. The average molecular weight is 224 g/mol. The summed E-state index contributed by atoms with van der Waals surface area (Å²) < 4.78 is 0. The summed E-state index contributed by atoms with van der Waals surface area (Å²) in [6.07, 6.45) is 5.49. The summed E-state index contributed by atoms with van der Waals surface area (Å²) in [7, 11) is 0. The van der Waals surface area contributed by atoms with Gasteiger partial charge in [-0.1, -0.05) is 26.5 Å². The summed E-state index contributed by atoms with van der Waals surface area (Å²) in [5.41, 5.74) is 1.64. The van der Waals surface area contributed by atoms with Crippen molar-refractivity contribution in [2.24, 2.45) is 0 Å². The Bertz CT molecular complexity index is 282. The number of nitrogens with zero attached hydrogens (tertiary/aromatic N) is 1. The zero-order valence-corrected chi connectivity index (χ0v) is 11.0. The van der Waals surface area contributed by atoms with Crippen LogP contribution in [0.4, 0.5) is 0 Å². The Labute approximate surface area is 99.1 Å². The predicted molar refractivity (Wildman–Crippen MR) is 69.1 cm³/mol. The molecular formula is C13H24N2O. The van der Waals surface area contributed by atoms with Crippen molar-refractivity contribution in [3.8, 4) is 0 Å². The van der Waals surface area contributed by atoms with Crippen LogP contribution in [-0.2, 0) is 0 Å². The number of allylic oxidation sites excluding steroid dienone is 3. The zero-order chi connectivity index (χ0) is 12.7. The normalized spacial score (nSPS) is 25.0. The van der Waals surface area contributed by atoms with Gasteiger partial charge in [0.05, 0.1) is 17.4 Å². The van der Waals surface area contributed by atoms with Gasteiger partial charge in [-0.2, -0.15) is 0 Å². The molecule has 1 aliphatic rings. The molecule has 0 amide bonds. The van der Waals surface area contributed by atoms with Gasteiger partial charge in [0.25, 0.3) is 0 Å². The molecule has 0 spiro atoms. The van der Waals surface area contributed by atoms with Gasteiger partial charge < -0.3 is 5.32 Å². The van der Waals surface area contributed by atoms with E-state index in [9.17, 15) is 5.21 Å². The van der Waals surface area contributed by atoms with E-state index >= 15 is 0 Å². The quantitative estimate of drug-likeness (QED) is 0.756. The van der Waals surface area contributed by atoms with E-state index in [2.05, 4.69) is 11.9 Å². The lowest BCUT2D eigenvalue weighted by molar-refractivity contribution is -0.0984. The zero-order valence-electron chi connectivity index (χ0n) is 11.0. The van der Waals surface area contributed by atoms with Crippen LogP contribution in [0.5, 0.6) is 0 Å². The van der Waals surface area contributed by atoms with Crippen molar-refractivity contribution < 1.29 is 5.21 Å². The average Bonchev–Trinajstić information content (AvgIpc) is 2.32. The minimum atomic E-state index is 0.0601. The number of nitrogens with one attached hydrogen (secondary N) is 1. The molecule has 2 N–H and O–H groups in total. The SMILES string of the molecule is C=CC1=C(/C=C\C)N(O)C(C)C(C)N1.CC. The fraction of sp³-hybridized carbons (Fsp3) is 0.538. The van der Waals surface area contributed by atoms with E-state index in [0.29, 0.717) is 0 Å². The van der Waals surface area contributed by atoms with Crippen LogP contribution in [0.1, 0.15) is 34.6 Å². The first-order valence-corrected chi connectivity index (χ1v) is 5.85. The van der Waals surface area contributed by atoms with E-state index in [-0.39, 0.29) is 12.1 Å². The molecule has 92 valence electrons. The largest absolute Gasteiger partial charge is 0.379 e. The fourth-order valence-corrected chi connectivity index (χ4v) is 1.48. The highest BCUT2D eigenvalue weighted by atomic mass is 16.5. The Morgan fingerprint density at radius 3 is 2.38 bits per heavy atom. The first kappa shape index (κ1) is 14.8. The highest BCUT2D eigenvalue weighted by Gasteiger charge is 2.26. The summed E-state index contributed by atoms with van der Waals surface area (Å²) in [5.74, 6) is 0. The monoisotopic (exact) mass is 224 g/mol. The van der Waals surface area contributed by atoms with Gasteiger partial charge in [-0.3, -0.25) is 10.3 Å². The lowest BCUT2D eigenvalue weighted by Crippen LogP contribution is -2.49. The third-order valence-electron chi connectivity index (χ3n) is 2.54. The Morgan fingerprint density at radius 2 is 1.94 bits per heavy atom. The Hall–Kier alpha value is -1.22. The first-order valence-electron chi connectivity index (χ1n) is 5.85. The van der Waals surface area contributed by atoms with Gasteiger partial charge in [0.2, 0.25) is 0 Å². The van der Waals surface area contributed by atoms with Crippen molar-refractivity contribution in [3.05, 3.63) is 36.2 Å². The maximum Gasteiger partial charge on any atom is 0.0866 e. The van der Waals surface area contributed by atoms with Crippen LogP contribution in [0.2, 0.25) is 0 Å². The second-order valence-electron chi connectivity index (χ2n) is 3.52. The second-order valence-corrected chi connectivity index (χ2v) is 3.52. The summed E-state index contributed by atoms with van der Waals surface area (Å²) in [6, 6.07) is 0.270. The van der Waals surface area contributed by atoms with Crippen LogP contribution >= 0.6 is 0 Å². The Kier molecular flexibility index (Phi) is 6.58. The highest BCUT2D eigenvalue weighted by molar-refractivity contribution is 5.32. The molecule has 16 heavy (non-hydrogen) atoms. The van der Waals surface area contributed by atoms with Crippen molar-refractivity contribution in [1.29, 1.82) is 0 Å². The molecule has 2 unspecified atom stereocenters. The lowest BCUT2D eigenvalue weighted by atomic mass is 10.1. The van der Waals surface area contributed by atoms with Crippen LogP contribution < -0.4 is 5.32 Å². The van der Waals surface area contributed by atoms with Gasteiger partial charge in [0.1, 0.15) is 0 Å². The number of hydroxylamine groups is 2. The third-order valence-corrected chi connectivity index (χ3v) is 2.54. The maximum absolute atomic E-state index is 9.88. The molecule has 0 radical (unpaired) electrons. The van der Waals surface area contributed by atoms with Gasteiger partial charge in [0.15, 0.2) is 0 Å². The van der Waals surface area contributed by atoms with Crippen molar-refractivity contribution in [2.45, 2.75) is 46.7 Å². The van der Waals surface area contributed by atoms with E-state index in [0.717, 1.165) is 11.4 Å². The molecule has 0 aromatic rings. The third kappa shape index (κ3) is 3.14. The summed E-state index contributed by atoms with van der Waals surface area (Å²) in [5, 5.41) is 14.5. The molecule has 0 aromatic carbocycles. The standard InChI is InChI=1S/C11H18N2O.C2H6/c1-5-7-11-10(6-2)12-8(3)9(4)13(11)14;1-2/h5-9,12,14H,2H2,1,3-4H3;1-2H3/b7-5-;. The number of hydrogen-bond donors (Lipinski definition) is 2. The Morgan fingerprint density at radius 1 is 1.38 bits per heavy atom. The van der Waals surface area contributed by atoms with Crippen molar-refractivity contribution in [2.75, 3.05) is 0 Å².